The Bertz CT molecular complexity index is 754. The maximum atomic E-state index is 12.2. The maximum Gasteiger partial charge on any atom is 0.251 e. The van der Waals surface area contributed by atoms with E-state index >= 15 is 0 Å². The zero-order chi connectivity index (χ0) is 15.9. The summed E-state index contributed by atoms with van der Waals surface area (Å²) in [5.41, 5.74) is 2.55. The largest absolute Gasteiger partial charge is 0.352 e. The summed E-state index contributed by atoms with van der Waals surface area (Å²) in [7, 11) is 0. The molecular formula is C18H18N4O. The molecule has 0 atom stereocenters. The van der Waals surface area contributed by atoms with Gasteiger partial charge in [0.05, 0.1) is 5.69 Å². The first-order valence-electron chi connectivity index (χ1n) is 7.61. The normalized spacial score (nSPS) is 10.4. The fraction of sp³-hybridized carbons (Fsp3) is 0.167. The summed E-state index contributed by atoms with van der Waals surface area (Å²) in [5, 5.41) is 7.12. The van der Waals surface area contributed by atoms with E-state index in [0.29, 0.717) is 12.1 Å². The van der Waals surface area contributed by atoms with E-state index in [1.165, 1.54) is 0 Å². The number of pyridine rings is 1. The van der Waals surface area contributed by atoms with Gasteiger partial charge in [0.25, 0.3) is 5.91 Å². The molecule has 3 aromatic rings. The van der Waals surface area contributed by atoms with Crippen molar-refractivity contribution >= 4 is 5.91 Å². The van der Waals surface area contributed by atoms with Gasteiger partial charge in [0.1, 0.15) is 0 Å². The number of hydrogen-bond acceptors (Lipinski definition) is 3. The van der Waals surface area contributed by atoms with E-state index in [1.807, 2.05) is 48.7 Å². The van der Waals surface area contributed by atoms with Gasteiger partial charge in [-0.3, -0.25) is 9.78 Å². The number of hydrogen-bond donors (Lipinski definition) is 1. The van der Waals surface area contributed by atoms with Crippen LogP contribution in [0.2, 0.25) is 0 Å². The third-order valence-corrected chi connectivity index (χ3v) is 3.50. The Morgan fingerprint density at radius 2 is 2.04 bits per heavy atom. The fourth-order valence-corrected chi connectivity index (χ4v) is 2.33. The lowest BCUT2D eigenvalue weighted by atomic mass is 10.1. The molecule has 0 spiro atoms. The highest BCUT2D eigenvalue weighted by Crippen LogP contribution is 2.09. The van der Waals surface area contributed by atoms with Gasteiger partial charge in [-0.1, -0.05) is 12.1 Å². The van der Waals surface area contributed by atoms with Crippen molar-refractivity contribution in [2.75, 3.05) is 6.54 Å². The number of rotatable bonds is 6. The van der Waals surface area contributed by atoms with Gasteiger partial charge in [0.15, 0.2) is 0 Å². The van der Waals surface area contributed by atoms with Crippen molar-refractivity contribution in [1.29, 1.82) is 0 Å². The minimum Gasteiger partial charge on any atom is -0.352 e. The molecule has 0 unspecified atom stereocenters. The number of aromatic nitrogens is 3. The van der Waals surface area contributed by atoms with E-state index in [0.717, 1.165) is 24.2 Å². The molecule has 116 valence electrons. The summed E-state index contributed by atoms with van der Waals surface area (Å²) >= 11 is 0. The number of carbonyl (C=O) groups excluding carboxylic acids is 1. The SMILES string of the molecule is O=C(NCCCc1ccccn1)c1cccc(-n2cccn2)c1. The Morgan fingerprint density at radius 1 is 1.09 bits per heavy atom. The predicted octanol–water partition coefficient (Wildman–Crippen LogP) is 2.63. The molecule has 1 N–H and O–H groups in total. The molecule has 0 saturated heterocycles. The third kappa shape index (κ3) is 4.03. The van der Waals surface area contributed by atoms with Crippen LogP contribution >= 0.6 is 0 Å². The summed E-state index contributed by atoms with van der Waals surface area (Å²) in [6, 6.07) is 15.1. The summed E-state index contributed by atoms with van der Waals surface area (Å²) in [6.07, 6.45) is 7.07. The highest BCUT2D eigenvalue weighted by atomic mass is 16.1. The van der Waals surface area contributed by atoms with E-state index in [2.05, 4.69) is 15.4 Å². The molecule has 0 radical (unpaired) electrons. The van der Waals surface area contributed by atoms with Crippen LogP contribution in [0.4, 0.5) is 0 Å². The van der Waals surface area contributed by atoms with E-state index < -0.39 is 0 Å². The zero-order valence-electron chi connectivity index (χ0n) is 12.7. The molecule has 3 rings (SSSR count). The molecule has 2 heterocycles. The van der Waals surface area contributed by atoms with Gasteiger partial charge < -0.3 is 5.32 Å². The lowest BCUT2D eigenvalue weighted by molar-refractivity contribution is 0.0953. The first-order valence-corrected chi connectivity index (χ1v) is 7.61. The average molecular weight is 306 g/mol. The first kappa shape index (κ1) is 15.0. The van der Waals surface area contributed by atoms with Crippen LogP contribution in [-0.4, -0.2) is 27.2 Å². The van der Waals surface area contributed by atoms with E-state index in [1.54, 1.807) is 23.1 Å². The van der Waals surface area contributed by atoms with Gasteiger partial charge in [-0.25, -0.2) is 4.68 Å². The molecule has 5 nitrogen and oxygen atoms in total. The molecule has 1 aromatic carbocycles. The summed E-state index contributed by atoms with van der Waals surface area (Å²) in [6.45, 7) is 0.626. The highest BCUT2D eigenvalue weighted by molar-refractivity contribution is 5.94. The van der Waals surface area contributed by atoms with Gasteiger partial charge in [0, 0.05) is 36.4 Å². The second-order valence-corrected chi connectivity index (χ2v) is 5.18. The predicted molar refractivity (Wildman–Crippen MR) is 88.5 cm³/mol. The van der Waals surface area contributed by atoms with Crippen molar-refractivity contribution in [1.82, 2.24) is 20.1 Å². The number of benzene rings is 1. The zero-order valence-corrected chi connectivity index (χ0v) is 12.7. The Balaban J connectivity index is 1.53. The van der Waals surface area contributed by atoms with Crippen LogP contribution in [-0.2, 0) is 6.42 Å². The van der Waals surface area contributed by atoms with E-state index in [-0.39, 0.29) is 5.91 Å². The van der Waals surface area contributed by atoms with Crippen LogP contribution in [0.3, 0.4) is 0 Å². The second kappa shape index (κ2) is 7.35. The van der Waals surface area contributed by atoms with Gasteiger partial charge in [-0.05, 0) is 49.2 Å². The second-order valence-electron chi connectivity index (χ2n) is 5.18. The Hall–Kier alpha value is -2.95. The van der Waals surface area contributed by atoms with Crippen LogP contribution in [0.25, 0.3) is 5.69 Å². The lowest BCUT2D eigenvalue weighted by Gasteiger charge is -2.07. The topological polar surface area (TPSA) is 59.8 Å². The first-order chi connectivity index (χ1) is 11.3. The average Bonchev–Trinajstić information content (AvgIpc) is 3.14. The molecule has 0 saturated carbocycles. The van der Waals surface area contributed by atoms with Crippen LogP contribution in [0.5, 0.6) is 0 Å². The van der Waals surface area contributed by atoms with Crippen molar-refractivity contribution in [3.8, 4) is 5.69 Å². The monoisotopic (exact) mass is 306 g/mol. The number of carbonyl (C=O) groups is 1. The molecular weight excluding hydrogens is 288 g/mol. The van der Waals surface area contributed by atoms with Crippen LogP contribution in [0.1, 0.15) is 22.5 Å². The summed E-state index contributed by atoms with van der Waals surface area (Å²) in [4.78, 5) is 16.5. The van der Waals surface area contributed by atoms with Gasteiger partial charge >= 0.3 is 0 Å². The minimum atomic E-state index is -0.0694. The van der Waals surface area contributed by atoms with Gasteiger partial charge in [-0.15, -0.1) is 0 Å². The van der Waals surface area contributed by atoms with Crippen LogP contribution in [0.15, 0.2) is 67.1 Å². The Kier molecular flexibility index (Phi) is 4.79. The summed E-state index contributed by atoms with van der Waals surface area (Å²) in [5.74, 6) is -0.0694. The number of nitrogens with zero attached hydrogens (tertiary/aromatic N) is 3. The van der Waals surface area contributed by atoms with Gasteiger partial charge in [0.2, 0.25) is 0 Å². The molecule has 23 heavy (non-hydrogen) atoms. The molecule has 0 bridgehead atoms. The van der Waals surface area contributed by atoms with Crippen LogP contribution < -0.4 is 5.32 Å². The number of nitrogens with one attached hydrogen (secondary N) is 1. The van der Waals surface area contributed by atoms with Gasteiger partial charge in [-0.2, -0.15) is 5.10 Å². The van der Waals surface area contributed by atoms with E-state index in [9.17, 15) is 4.79 Å². The molecule has 0 aliphatic rings. The smallest absolute Gasteiger partial charge is 0.251 e. The molecule has 0 aliphatic heterocycles. The van der Waals surface area contributed by atoms with Crippen molar-refractivity contribution in [3.63, 3.8) is 0 Å². The van der Waals surface area contributed by atoms with Crippen molar-refractivity contribution < 1.29 is 4.79 Å². The Labute approximate surface area is 135 Å². The summed E-state index contributed by atoms with van der Waals surface area (Å²) < 4.78 is 1.73. The molecule has 2 aromatic heterocycles. The number of aryl methyl sites for hydroxylation is 1. The number of amides is 1. The van der Waals surface area contributed by atoms with Crippen molar-refractivity contribution in [2.45, 2.75) is 12.8 Å². The third-order valence-electron chi connectivity index (χ3n) is 3.50. The fourth-order valence-electron chi connectivity index (χ4n) is 2.33. The highest BCUT2D eigenvalue weighted by Gasteiger charge is 2.06. The molecule has 1 amide bonds. The minimum absolute atomic E-state index is 0.0694. The quantitative estimate of drug-likeness (QED) is 0.712. The molecule has 0 aliphatic carbocycles. The van der Waals surface area contributed by atoms with Crippen molar-refractivity contribution in [2.24, 2.45) is 0 Å². The van der Waals surface area contributed by atoms with E-state index in [4.69, 9.17) is 0 Å². The maximum absolute atomic E-state index is 12.2. The molecule has 0 fully saturated rings. The molecule has 5 heteroatoms. The van der Waals surface area contributed by atoms with Crippen LogP contribution in [0, 0.1) is 0 Å². The lowest BCUT2D eigenvalue weighted by Crippen LogP contribution is -2.25. The van der Waals surface area contributed by atoms with Crippen molar-refractivity contribution in [3.05, 3.63) is 78.4 Å². The Morgan fingerprint density at radius 3 is 2.83 bits per heavy atom. The standard InChI is InChI=1S/C18H18N4O/c23-18(20-11-4-8-16-7-1-2-10-19-16)15-6-3-9-17(14-15)22-13-5-12-21-22/h1-3,5-7,9-10,12-14H,4,8,11H2,(H,20,23).